The highest BCUT2D eigenvalue weighted by atomic mass is 32.2. The van der Waals surface area contributed by atoms with E-state index in [1.165, 1.54) is 0 Å². The van der Waals surface area contributed by atoms with Gasteiger partial charge in [0.25, 0.3) is 10.0 Å². The van der Waals surface area contributed by atoms with Gasteiger partial charge < -0.3 is 0 Å². The summed E-state index contributed by atoms with van der Waals surface area (Å²) in [6.45, 7) is 0. The Morgan fingerprint density at radius 2 is 2.00 bits per heavy atom. The Morgan fingerprint density at radius 1 is 1.26 bits per heavy atom. The second-order valence-corrected chi connectivity index (χ2v) is 5.88. The quantitative estimate of drug-likeness (QED) is 0.944. The average Bonchev–Trinajstić information content (AvgIpc) is 2.80. The number of benzene rings is 1. The maximum Gasteiger partial charge on any atom is 0.416 e. The highest BCUT2D eigenvalue weighted by Gasteiger charge is 2.31. The number of sulfonamides is 1. The molecule has 0 unspecified atom stereocenters. The Kier molecular flexibility index (Phi) is 3.45. The summed E-state index contributed by atoms with van der Waals surface area (Å²) in [5, 5.41) is 3.54. The minimum Gasteiger partial charge on any atom is -0.268 e. The summed E-state index contributed by atoms with van der Waals surface area (Å²) < 4.78 is 66.7. The van der Waals surface area contributed by atoms with Crippen molar-refractivity contribution >= 4 is 26.6 Å². The number of nitrogens with one attached hydrogen (secondary N) is 1. The molecule has 2 rings (SSSR count). The van der Waals surface area contributed by atoms with Crippen LogP contribution in [-0.2, 0) is 16.2 Å². The molecule has 0 saturated heterocycles. The molecule has 1 aromatic carbocycles. The van der Waals surface area contributed by atoms with Crippen LogP contribution in [0, 0.1) is 0 Å². The first kappa shape index (κ1) is 13.7. The van der Waals surface area contributed by atoms with Gasteiger partial charge in [0.1, 0.15) is 5.00 Å². The highest BCUT2D eigenvalue weighted by molar-refractivity contribution is 7.93. The molecule has 1 aromatic heterocycles. The van der Waals surface area contributed by atoms with Crippen molar-refractivity contribution in [3.05, 3.63) is 36.0 Å². The molecule has 0 spiro atoms. The van der Waals surface area contributed by atoms with Crippen molar-refractivity contribution in [2.24, 2.45) is 0 Å². The first-order valence-corrected chi connectivity index (χ1v) is 7.02. The van der Waals surface area contributed by atoms with E-state index in [2.05, 4.69) is 14.3 Å². The molecule has 1 heterocycles. The molecular formula is C9H6F3N3O2S2. The van der Waals surface area contributed by atoms with Gasteiger partial charge in [-0.2, -0.15) is 13.2 Å². The molecule has 5 nitrogen and oxygen atoms in total. The number of nitrogens with zero attached hydrogens (tertiary/aromatic N) is 2. The summed E-state index contributed by atoms with van der Waals surface area (Å²) in [5.41, 5.74) is -1.03. The van der Waals surface area contributed by atoms with Crippen LogP contribution in [0.4, 0.5) is 18.2 Å². The molecule has 19 heavy (non-hydrogen) atoms. The van der Waals surface area contributed by atoms with Crippen LogP contribution in [0.25, 0.3) is 0 Å². The average molecular weight is 309 g/mol. The van der Waals surface area contributed by atoms with Gasteiger partial charge in [-0.1, -0.05) is 10.6 Å². The van der Waals surface area contributed by atoms with Crippen molar-refractivity contribution in [1.29, 1.82) is 0 Å². The van der Waals surface area contributed by atoms with Gasteiger partial charge in [0, 0.05) is 11.5 Å². The largest absolute Gasteiger partial charge is 0.416 e. The zero-order valence-electron chi connectivity index (χ0n) is 9.05. The van der Waals surface area contributed by atoms with Gasteiger partial charge >= 0.3 is 6.18 Å². The van der Waals surface area contributed by atoms with Gasteiger partial charge in [-0.05, 0) is 18.2 Å². The van der Waals surface area contributed by atoms with Crippen LogP contribution >= 0.6 is 11.5 Å². The Hall–Kier alpha value is -1.68. The number of hydrogen-bond donors (Lipinski definition) is 1. The standard InChI is InChI=1S/C9H6F3N3O2S2/c10-9(11,12)6-2-1-3-7(4-6)19(16,17)14-8-5-13-15-18-8/h1-5,14H. The fourth-order valence-corrected chi connectivity index (χ4v) is 2.97. The Bertz CT molecular complexity index is 668. The highest BCUT2D eigenvalue weighted by Crippen LogP contribution is 2.30. The minimum atomic E-state index is -4.60. The molecule has 102 valence electrons. The molecule has 10 heteroatoms. The minimum absolute atomic E-state index is 0.123. The lowest BCUT2D eigenvalue weighted by molar-refractivity contribution is -0.137. The first-order valence-electron chi connectivity index (χ1n) is 4.76. The fraction of sp³-hybridized carbons (Fsp3) is 0.111. The van der Waals surface area contributed by atoms with E-state index in [1.54, 1.807) is 0 Å². The predicted octanol–water partition coefficient (Wildman–Crippen LogP) is 2.36. The third kappa shape index (κ3) is 3.20. The molecule has 0 aliphatic rings. The van der Waals surface area contributed by atoms with Crippen molar-refractivity contribution < 1.29 is 21.6 Å². The Labute approximate surface area is 110 Å². The van der Waals surface area contributed by atoms with Gasteiger partial charge in [0.2, 0.25) is 0 Å². The number of anilines is 1. The number of alkyl halides is 3. The summed E-state index contributed by atoms with van der Waals surface area (Å²) in [7, 11) is -4.09. The summed E-state index contributed by atoms with van der Waals surface area (Å²) in [6, 6.07) is 3.47. The maximum absolute atomic E-state index is 12.5. The monoisotopic (exact) mass is 309 g/mol. The lowest BCUT2D eigenvalue weighted by Gasteiger charge is -2.09. The van der Waals surface area contributed by atoms with Crippen molar-refractivity contribution in [1.82, 2.24) is 9.59 Å². The second-order valence-electron chi connectivity index (χ2n) is 3.41. The Balaban J connectivity index is 2.36. The topological polar surface area (TPSA) is 72.0 Å². The maximum atomic E-state index is 12.5. The molecule has 2 aromatic rings. The van der Waals surface area contributed by atoms with Crippen LogP contribution in [-0.4, -0.2) is 18.0 Å². The first-order chi connectivity index (χ1) is 8.79. The van der Waals surface area contributed by atoms with E-state index < -0.39 is 26.7 Å². The van der Waals surface area contributed by atoms with Crippen molar-refractivity contribution in [3.8, 4) is 0 Å². The summed E-state index contributed by atoms with van der Waals surface area (Å²) in [5.74, 6) is 0. The molecule has 0 atom stereocenters. The van der Waals surface area contributed by atoms with E-state index in [1.807, 2.05) is 0 Å². The van der Waals surface area contributed by atoms with E-state index in [9.17, 15) is 21.6 Å². The molecule has 0 amide bonds. The number of halogens is 3. The van der Waals surface area contributed by atoms with Crippen molar-refractivity contribution in [2.75, 3.05) is 4.72 Å². The van der Waals surface area contributed by atoms with E-state index in [4.69, 9.17) is 0 Å². The lowest BCUT2D eigenvalue weighted by atomic mass is 10.2. The van der Waals surface area contributed by atoms with Crippen LogP contribution in [0.5, 0.6) is 0 Å². The van der Waals surface area contributed by atoms with E-state index >= 15 is 0 Å². The van der Waals surface area contributed by atoms with Crippen LogP contribution in [0.3, 0.4) is 0 Å². The number of rotatable bonds is 3. The number of aromatic nitrogens is 2. The van der Waals surface area contributed by atoms with E-state index in [0.29, 0.717) is 6.07 Å². The molecular weight excluding hydrogens is 303 g/mol. The summed E-state index contributed by atoms with van der Waals surface area (Å²) in [6.07, 6.45) is -3.44. The van der Waals surface area contributed by atoms with Gasteiger partial charge in [-0.25, -0.2) is 8.42 Å². The van der Waals surface area contributed by atoms with E-state index in [0.717, 1.165) is 35.9 Å². The van der Waals surface area contributed by atoms with E-state index in [-0.39, 0.29) is 5.00 Å². The van der Waals surface area contributed by atoms with Gasteiger partial charge in [0.15, 0.2) is 0 Å². The SMILES string of the molecule is O=S(=O)(Nc1cnns1)c1cccc(C(F)(F)F)c1. The molecule has 0 saturated carbocycles. The predicted molar refractivity (Wildman–Crippen MR) is 62.2 cm³/mol. The van der Waals surface area contributed by atoms with Gasteiger partial charge in [-0.15, -0.1) is 5.10 Å². The summed E-state index contributed by atoms with van der Waals surface area (Å²) in [4.78, 5) is -0.476. The molecule has 1 N–H and O–H groups in total. The normalized spacial score (nSPS) is 12.4. The molecule has 0 fully saturated rings. The van der Waals surface area contributed by atoms with Gasteiger partial charge in [0.05, 0.1) is 16.7 Å². The van der Waals surface area contributed by atoms with Crippen molar-refractivity contribution in [3.63, 3.8) is 0 Å². The van der Waals surface area contributed by atoms with Crippen LogP contribution in [0.2, 0.25) is 0 Å². The Morgan fingerprint density at radius 3 is 2.58 bits per heavy atom. The summed E-state index contributed by atoms with van der Waals surface area (Å²) >= 11 is 0.781. The fourth-order valence-electron chi connectivity index (χ4n) is 1.24. The number of hydrogen-bond acceptors (Lipinski definition) is 5. The smallest absolute Gasteiger partial charge is 0.268 e. The molecule has 0 aliphatic carbocycles. The van der Waals surface area contributed by atoms with Crippen LogP contribution < -0.4 is 4.72 Å². The molecule has 0 bridgehead atoms. The zero-order valence-corrected chi connectivity index (χ0v) is 10.7. The zero-order chi connectivity index (χ0) is 14.1. The third-order valence-corrected chi connectivity index (χ3v) is 4.14. The van der Waals surface area contributed by atoms with Crippen molar-refractivity contribution in [2.45, 2.75) is 11.1 Å². The van der Waals surface area contributed by atoms with Crippen LogP contribution in [0.1, 0.15) is 5.56 Å². The van der Waals surface area contributed by atoms with Gasteiger partial charge in [-0.3, -0.25) is 4.72 Å². The third-order valence-electron chi connectivity index (χ3n) is 2.07. The molecule has 0 radical (unpaired) electrons. The second kappa shape index (κ2) is 4.78. The molecule has 0 aliphatic heterocycles. The van der Waals surface area contributed by atoms with Crippen LogP contribution in [0.15, 0.2) is 35.4 Å². The lowest BCUT2D eigenvalue weighted by Crippen LogP contribution is -2.13.